The number of piperidine rings is 1. The van der Waals surface area contributed by atoms with Crippen molar-refractivity contribution in [2.24, 2.45) is 0 Å². The highest BCUT2D eigenvalue weighted by Crippen LogP contribution is 2.26. The van der Waals surface area contributed by atoms with Gasteiger partial charge in [0.25, 0.3) is 0 Å². The maximum Gasteiger partial charge on any atom is 0.324 e. The monoisotopic (exact) mass is 318 g/mol. The lowest BCUT2D eigenvalue weighted by Crippen LogP contribution is -2.48. The van der Waals surface area contributed by atoms with Crippen LogP contribution < -0.4 is 0 Å². The van der Waals surface area contributed by atoms with Crippen LogP contribution in [0.25, 0.3) is 0 Å². The van der Waals surface area contributed by atoms with Crippen LogP contribution in [0.4, 0.5) is 0 Å². The van der Waals surface area contributed by atoms with Gasteiger partial charge in [0, 0.05) is 12.7 Å². The number of sulfonamides is 1. The van der Waals surface area contributed by atoms with E-state index in [0.29, 0.717) is 19.4 Å². The van der Waals surface area contributed by atoms with Crippen LogP contribution in [0.1, 0.15) is 19.3 Å². The zero-order valence-electron chi connectivity index (χ0n) is 11.0. The minimum absolute atomic E-state index is 0.0355. The van der Waals surface area contributed by atoms with E-state index in [4.69, 9.17) is 16.3 Å². The van der Waals surface area contributed by atoms with Gasteiger partial charge in [-0.05, 0) is 31.4 Å². The molecule has 1 atom stereocenters. The van der Waals surface area contributed by atoms with Crippen molar-refractivity contribution in [1.29, 1.82) is 0 Å². The number of pyridine rings is 1. The molecule has 2 rings (SSSR count). The van der Waals surface area contributed by atoms with E-state index in [0.717, 1.165) is 6.42 Å². The van der Waals surface area contributed by atoms with E-state index in [1.165, 1.54) is 29.7 Å². The number of hydrogen-bond donors (Lipinski definition) is 0. The molecule has 1 aliphatic heterocycles. The number of aromatic nitrogens is 1. The van der Waals surface area contributed by atoms with Gasteiger partial charge < -0.3 is 4.74 Å². The van der Waals surface area contributed by atoms with Gasteiger partial charge in [-0.25, -0.2) is 13.4 Å². The second-order valence-electron chi connectivity index (χ2n) is 4.46. The third-order valence-corrected chi connectivity index (χ3v) is 5.34. The van der Waals surface area contributed by atoms with Crippen LogP contribution in [-0.4, -0.2) is 43.4 Å². The molecule has 6 nitrogen and oxygen atoms in total. The highest BCUT2D eigenvalue weighted by Gasteiger charge is 2.38. The minimum Gasteiger partial charge on any atom is -0.468 e. The van der Waals surface area contributed by atoms with Gasteiger partial charge in [0.2, 0.25) is 10.0 Å². The van der Waals surface area contributed by atoms with Crippen LogP contribution in [0.5, 0.6) is 0 Å². The van der Waals surface area contributed by atoms with Gasteiger partial charge in [-0.3, -0.25) is 4.79 Å². The summed E-state index contributed by atoms with van der Waals surface area (Å²) in [6, 6.07) is 1.87. The Labute approximate surface area is 122 Å². The summed E-state index contributed by atoms with van der Waals surface area (Å²) < 4.78 is 31.1. The van der Waals surface area contributed by atoms with E-state index in [1.54, 1.807) is 0 Å². The summed E-state index contributed by atoms with van der Waals surface area (Å²) in [5.74, 6) is -0.534. The van der Waals surface area contributed by atoms with E-state index in [1.807, 2.05) is 0 Å². The van der Waals surface area contributed by atoms with Gasteiger partial charge in [-0.15, -0.1) is 0 Å². The number of carbonyl (C=O) groups excluding carboxylic acids is 1. The molecule has 0 spiro atoms. The highest BCUT2D eigenvalue weighted by atomic mass is 35.5. The molecule has 1 aromatic rings. The molecule has 0 N–H and O–H groups in total. The molecule has 1 saturated heterocycles. The largest absolute Gasteiger partial charge is 0.468 e. The Morgan fingerprint density at radius 1 is 1.50 bits per heavy atom. The highest BCUT2D eigenvalue weighted by molar-refractivity contribution is 7.89. The molecule has 0 aromatic carbocycles. The number of ether oxygens (including phenoxy) is 1. The summed E-state index contributed by atoms with van der Waals surface area (Å²) in [6.07, 6.45) is 3.30. The Hall–Kier alpha value is -1.18. The number of rotatable bonds is 3. The molecule has 1 aromatic heterocycles. The van der Waals surface area contributed by atoms with Gasteiger partial charge in [0.1, 0.15) is 11.2 Å². The molecular formula is C12H15ClN2O4S. The summed E-state index contributed by atoms with van der Waals surface area (Å²) in [7, 11) is -2.53. The molecule has 2 heterocycles. The Morgan fingerprint density at radius 3 is 2.90 bits per heavy atom. The van der Waals surface area contributed by atoms with Crippen molar-refractivity contribution >= 4 is 27.6 Å². The molecule has 8 heteroatoms. The van der Waals surface area contributed by atoms with Crippen LogP contribution in [0, 0.1) is 0 Å². The quantitative estimate of drug-likeness (QED) is 0.623. The van der Waals surface area contributed by atoms with E-state index in [-0.39, 0.29) is 10.0 Å². The van der Waals surface area contributed by atoms with Crippen molar-refractivity contribution in [2.45, 2.75) is 30.2 Å². The lowest BCUT2D eigenvalue weighted by Gasteiger charge is -2.32. The Kier molecular flexibility index (Phi) is 4.62. The number of nitrogens with zero attached hydrogens (tertiary/aromatic N) is 2. The summed E-state index contributed by atoms with van der Waals surface area (Å²) in [5, 5.41) is 0.0951. The van der Waals surface area contributed by atoms with Crippen LogP contribution >= 0.6 is 11.6 Å². The maximum atomic E-state index is 12.6. The smallest absolute Gasteiger partial charge is 0.324 e. The fraction of sp³-hybridized carbons (Fsp3) is 0.500. The number of esters is 1. The number of hydrogen-bond acceptors (Lipinski definition) is 5. The molecule has 0 amide bonds. The van der Waals surface area contributed by atoms with Gasteiger partial charge in [0.05, 0.1) is 12.0 Å². The second-order valence-corrected chi connectivity index (χ2v) is 6.74. The van der Waals surface area contributed by atoms with Gasteiger partial charge in [-0.1, -0.05) is 11.6 Å². The first-order valence-electron chi connectivity index (χ1n) is 6.18. The van der Waals surface area contributed by atoms with Crippen LogP contribution in [0.3, 0.4) is 0 Å². The zero-order chi connectivity index (χ0) is 14.8. The third kappa shape index (κ3) is 2.94. The number of carbonyl (C=O) groups is 1. The normalized spacial score (nSPS) is 20.6. The summed E-state index contributed by atoms with van der Waals surface area (Å²) in [6.45, 7) is 0.294. The zero-order valence-corrected chi connectivity index (χ0v) is 12.5. The van der Waals surface area contributed by atoms with E-state index >= 15 is 0 Å². The van der Waals surface area contributed by atoms with Crippen molar-refractivity contribution in [2.75, 3.05) is 13.7 Å². The minimum atomic E-state index is -3.78. The van der Waals surface area contributed by atoms with Crippen molar-refractivity contribution in [3.63, 3.8) is 0 Å². The average Bonchev–Trinajstić information content (AvgIpc) is 2.46. The van der Waals surface area contributed by atoms with E-state index in [2.05, 4.69) is 4.98 Å². The van der Waals surface area contributed by atoms with E-state index in [9.17, 15) is 13.2 Å². The standard InChI is InChI=1S/C12H15ClN2O4S/c1-19-12(16)10-4-2-3-7-15(10)20(17,18)9-5-6-14-11(13)8-9/h5-6,8,10H,2-4,7H2,1H3. The molecule has 1 fully saturated rings. The summed E-state index contributed by atoms with van der Waals surface area (Å²) in [4.78, 5) is 15.6. The third-order valence-electron chi connectivity index (χ3n) is 3.23. The van der Waals surface area contributed by atoms with Crippen LogP contribution in [0.15, 0.2) is 23.2 Å². The first-order valence-corrected chi connectivity index (χ1v) is 8.00. The lowest BCUT2D eigenvalue weighted by molar-refractivity contribution is -0.146. The maximum absolute atomic E-state index is 12.6. The number of methoxy groups -OCH3 is 1. The van der Waals surface area contributed by atoms with Gasteiger partial charge in [0.15, 0.2) is 0 Å². The Morgan fingerprint density at radius 2 is 2.25 bits per heavy atom. The molecule has 0 bridgehead atoms. The predicted molar refractivity (Wildman–Crippen MR) is 72.8 cm³/mol. The first kappa shape index (κ1) is 15.2. The fourth-order valence-electron chi connectivity index (χ4n) is 2.24. The first-order chi connectivity index (χ1) is 9.46. The topological polar surface area (TPSA) is 76.6 Å². The van der Waals surface area contributed by atoms with Crippen molar-refractivity contribution in [1.82, 2.24) is 9.29 Å². The van der Waals surface area contributed by atoms with E-state index < -0.39 is 22.0 Å². The molecule has 1 unspecified atom stereocenters. The molecule has 20 heavy (non-hydrogen) atoms. The average molecular weight is 319 g/mol. The van der Waals surface area contributed by atoms with Crippen LogP contribution in [-0.2, 0) is 19.6 Å². The summed E-state index contributed by atoms with van der Waals surface area (Å²) in [5.41, 5.74) is 0. The lowest BCUT2D eigenvalue weighted by atomic mass is 10.1. The SMILES string of the molecule is COC(=O)C1CCCCN1S(=O)(=O)c1ccnc(Cl)c1. The molecular weight excluding hydrogens is 304 g/mol. The number of halogens is 1. The van der Waals surface area contributed by atoms with Crippen molar-refractivity contribution in [3.8, 4) is 0 Å². The molecule has 0 radical (unpaired) electrons. The predicted octanol–water partition coefficient (Wildman–Crippen LogP) is 1.45. The molecule has 1 aliphatic rings. The van der Waals surface area contributed by atoms with Crippen LogP contribution in [0.2, 0.25) is 5.15 Å². The van der Waals surface area contributed by atoms with Gasteiger partial charge in [-0.2, -0.15) is 4.31 Å². The molecule has 0 saturated carbocycles. The van der Waals surface area contributed by atoms with Crippen molar-refractivity contribution in [3.05, 3.63) is 23.5 Å². The van der Waals surface area contributed by atoms with Gasteiger partial charge >= 0.3 is 5.97 Å². The summed E-state index contributed by atoms with van der Waals surface area (Å²) >= 11 is 5.73. The fourth-order valence-corrected chi connectivity index (χ4v) is 4.14. The molecule has 0 aliphatic carbocycles. The Bertz CT molecular complexity index is 605. The molecule has 110 valence electrons. The van der Waals surface area contributed by atoms with Crippen molar-refractivity contribution < 1.29 is 17.9 Å². The second kappa shape index (κ2) is 6.07. The Balaban J connectivity index is 2.38.